The highest BCUT2D eigenvalue weighted by atomic mass is 35.5. The van der Waals surface area contributed by atoms with Gasteiger partial charge in [0.1, 0.15) is 0 Å². The molecular weight excluding hydrogens is 288 g/mol. The lowest BCUT2D eigenvalue weighted by Crippen LogP contribution is -2.35. The van der Waals surface area contributed by atoms with Crippen LogP contribution in [-0.4, -0.2) is 48.2 Å². The van der Waals surface area contributed by atoms with Crippen LogP contribution in [0.25, 0.3) is 0 Å². The predicted molar refractivity (Wildman–Crippen MR) is 85.4 cm³/mol. The molecule has 0 amide bonds. The molecule has 2 fully saturated rings. The van der Waals surface area contributed by atoms with Crippen LogP contribution in [0.4, 0.5) is 5.69 Å². The summed E-state index contributed by atoms with van der Waals surface area (Å²) in [7, 11) is 0. The van der Waals surface area contributed by atoms with Gasteiger partial charge in [-0.3, -0.25) is 4.90 Å². The molecule has 0 spiro atoms. The van der Waals surface area contributed by atoms with Gasteiger partial charge in [0.15, 0.2) is 5.84 Å². The van der Waals surface area contributed by atoms with Crippen molar-refractivity contribution in [2.45, 2.75) is 25.3 Å². The fourth-order valence-electron chi connectivity index (χ4n) is 3.41. The number of halogens is 1. The highest BCUT2D eigenvalue weighted by Crippen LogP contribution is 2.29. The Morgan fingerprint density at radius 3 is 2.76 bits per heavy atom. The molecule has 1 atom stereocenters. The van der Waals surface area contributed by atoms with Crippen LogP contribution >= 0.6 is 11.6 Å². The summed E-state index contributed by atoms with van der Waals surface area (Å²) in [6.45, 7) is 4.42. The lowest BCUT2D eigenvalue weighted by Gasteiger charge is -2.25. The lowest BCUT2D eigenvalue weighted by molar-refractivity contribution is 0.260. The summed E-state index contributed by atoms with van der Waals surface area (Å²) in [5.41, 5.74) is 7.49. The molecule has 0 bridgehead atoms. The lowest BCUT2D eigenvalue weighted by atomic mass is 10.1. The number of hydrogen-bond acceptors (Lipinski definition) is 4. The van der Waals surface area contributed by atoms with Crippen molar-refractivity contribution in [2.75, 3.05) is 31.1 Å². The normalized spacial score (nSPS) is 24.0. The number of oxime groups is 1. The first kappa shape index (κ1) is 14.5. The third-order valence-electron chi connectivity index (χ3n) is 4.50. The Bertz CT molecular complexity index is 542. The third-order valence-corrected chi connectivity index (χ3v) is 4.74. The van der Waals surface area contributed by atoms with Gasteiger partial charge in [0.25, 0.3) is 0 Å². The van der Waals surface area contributed by atoms with Gasteiger partial charge in [0, 0.05) is 35.4 Å². The molecule has 1 aromatic carbocycles. The average molecular weight is 309 g/mol. The minimum Gasteiger partial charge on any atom is -0.409 e. The van der Waals surface area contributed by atoms with Gasteiger partial charge in [-0.25, -0.2) is 0 Å². The van der Waals surface area contributed by atoms with Gasteiger partial charge < -0.3 is 15.8 Å². The van der Waals surface area contributed by atoms with Crippen molar-refractivity contribution < 1.29 is 5.21 Å². The Labute approximate surface area is 130 Å². The molecule has 21 heavy (non-hydrogen) atoms. The molecule has 0 radical (unpaired) electrons. The summed E-state index contributed by atoms with van der Waals surface area (Å²) >= 11 is 6.04. The molecule has 2 saturated heterocycles. The molecular formula is C15H21ClN4O. The van der Waals surface area contributed by atoms with Crippen LogP contribution in [-0.2, 0) is 0 Å². The largest absolute Gasteiger partial charge is 0.409 e. The smallest absolute Gasteiger partial charge is 0.172 e. The molecule has 114 valence electrons. The maximum absolute atomic E-state index is 8.96. The van der Waals surface area contributed by atoms with E-state index in [4.69, 9.17) is 22.5 Å². The summed E-state index contributed by atoms with van der Waals surface area (Å²) in [6, 6.07) is 6.19. The highest BCUT2D eigenvalue weighted by Gasteiger charge is 2.30. The van der Waals surface area contributed by atoms with E-state index in [1.165, 1.54) is 25.9 Å². The number of likely N-dealkylation sites (tertiary alicyclic amines) is 1. The first-order chi connectivity index (χ1) is 10.2. The summed E-state index contributed by atoms with van der Waals surface area (Å²) in [4.78, 5) is 4.89. The van der Waals surface area contributed by atoms with Crippen LogP contribution in [0, 0.1) is 0 Å². The summed E-state index contributed by atoms with van der Waals surface area (Å²) in [5.74, 6) is 0.108. The van der Waals surface area contributed by atoms with E-state index in [0.29, 0.717) is 16.6 Å². The van der Waals surface area contributed by atoms with Gasteiger partial charge in [-0.2, -0.15) is 0 Å². The first-order valence-electron chi connectivity index (χ1n) is 7.45. The number of amidine groups is 1. The minimum atomic E-state index is 0.108. The van der Waals surface area contributed by atoms with Crippen LogP contribution in [0.1, 0.15) is 24.8 Å². The van der Waals surface area contributed by atoms with Crippen molar-refractivity contribution in [2.24, 2.45) is 10.9 Å². The Morgan fingerprint density at radius 1 is 1.29 bits per heavy atom. The van der Waals surface area contributed by atoms with Crippen molar-refractivity contribution in [1.82, 2.24) is 4.90 Å². The number of benzene rings is 1. The van der Waals surface area contributed by atoms with E-state index in [0.717, 1.165) is 25.2 Å². The standard InChI is InChI=1S/C15H21ClN4O/c16-11-3-4-14(13(9-11)15(17)18-21)20-8-5-12(10-20)19-6-1-2-7-19/h3-4,9,12,21H,1-2,5-8,10H2,(H2,17,18). The van der Waals surface area contributed by atoms with Gasteiger partial charge >= 0.3 is 0 Å². The number of nitrogens with zero attached hydrogens (tertiary/aromatic N) is 3. The molecule has 0 saturated carbocycles. The summed E-state index contributed by atoms with van der Waals surface area (Å²) in [5, 5.41) is 12.7. The second kappa shape index (κ2) is 6.12. The highest BCUT2D eigenvalue weighted by molar-refractivity contribution is 6.31. The Morgan fingerprint density at radius 2 is 2.05 bits per heavy atom. The Kier molecular flexibility index (Phi) is 4.22. The van der Waals surface area contributed by atoms with Crippen LogP contribution in [0.15, 0.2) is 23.4 Å². The van der Waals surface area contributed by atoms with Crippen LogP contribution < -0.4 is 10.6 Å². The summed E-state index contributed by atoms with van der Waals surface area (Å²) < 4.78 is 0. The van der Waals surface area contributed by atoms with Crippen molar-refractivity contribution in [3.8, 4) is 0 Å². The zero-order valence-electron chi connectivity index (χ0n) is 12.0. The molecule has 6 heteroatoms. The molecule has 0 aromatic heterocycles. The zero-order valence-corrected chi connectivity index (χ0v) is 12.8. The van der Waals surface area contributed by atoms with E-state index in [2.05, 4.69) is 15.0 Å². The van der Waals surface area contributed by atoms with E-state index < -0.39 is 0 Å². The summed E-state index contributed by atoms with van der Waals surface area (Å²) in [6.07, 6.45) is 3.79. The topological polar surface area (TPSA) is 65.1 Å². The van der Waals surface area contributed by atoms with Crippen molar-refractivity contribution in [3.05, 3.63) is 28.8 Å². The number of hydrogen-bond donors (Lipinski definition) is 2. The number of anilines is 1. The zero-order chi connectivity index (χ0) is 14.8. The number of nitrogens with two attached hydrogens (primary N) is 1. The van der Waals surface area contributed by atoms with Gasteiger partial charge in [0.05, 0.1) is 0 Å². The van der Waals surface area contributed by atoms with Gasteiger partial charge in [0.2, 0.25) is 0 Å². The fraction of sp³-hybridized carbons (Fsp3) is 0.533. The molecule has 3 rings (SSSR count). The van der Waals surface area contributed by atoms with Crippen molar-refractivity contribution in [1.29, 1.82) is 0 Å². The van der Waals surface area contributed by atoms with E-state index in [9.17, 15) is 0 Å². The Hall–Kier alpha value is -1.46. The van der Waals surface area contributed by atoms with Gasteiger partial charge in [-0.1, -0.05) is 16.8 Å². The van der Waals surface area contributed by atoms with Crippen LogP contribution in [0.5, 0.6) is 0 Å². The van der Waals surface area contributed by atoms with E-state index >= 15 is 0 Å². The maximum Gasteiger partial charge on any atom is 0.172 e. The maximum atomic E-state index is 8.96. The second-order valence-electron chi connectivity index (χ2n) is 5.78. The van der Waals surface area contributed by atoms with E-state index in [1.807, 2.05) is 12.1 Å². The minimum absolute atomic E-state index is 0.108. The van der Waals surface area contributed by atoms with Crippen LogP contribution in [0.3, 0.4) is 0 Å². The van der Waals surface area contributed by atoms with E-state index in [-0.39, 0.29) is 5.84 Å². The first-order valence-corrected chi connectivity index (χ1v) is 7.83. The molecule has 3 N–H and O–H groups in total. The SMILES string of the molecule is NC(=NO)c1cc(Cl)ccc1N1CCC(N2CCCC2)C1. The monoisotopic (exact) mass is 308 g/mol. The molecule has 2 aliphatic heterocycles. The fourth-order valence-corrected chi connectivity index (χ4v) is 3.58. The van der Waals surface area contributed by atoms with Gasteiger partial charge in [-0.05, 0) is 50.6 Å². The van der Waals surface area contributed by atoms with Crippen molar-refractivity contribution >= 4 is 23.1 Å². The van der Waals surface area contributed by atoms with Crippen LogP contribution in [0.2, 0.25) is 5.02 Å². The van der Waals surface area contributed by atoms with Gasteiger partial charge in [-0.15, -0.1) is 0 Å². The Balaban J connectivity index is 1.81. The molecule has 2 heterocycles. The molecule has 1 aromatic rings. The second-order valence-corrected chi connectivity index (χ2v) is 6.21. The number of rotatable bonds is 3. The molecule has 0 aliphatic carbocycles. The third kappa shape index (κ3) is 2.94. The van der Waals surface area contributed by atoms with Crippen molar-refractivity contribution in [3.63, 3.8) is 0 Å². The predicted octanol–water partition coefficient (Wildman–Crippen LogP) is 2.11. The average Bonchev–Trinajstić information content (AvgIpc) is 3.16. The molecule has 1 unspecified atom stereocenters. The molecule has 5 nitrogen and oxygen atoms in total. The molecule has 2 aliphatic rings. The quantitative estimate of drug-likeness (QED) is 0.388. The van der Waals surface area contributed by atoms with E-state index in [1.54, 1.807) is 6.07 Å².